The van der Waals surface area contributed by atoms with E-state index in [1.54, 1.807) is 18.2 Å². The molecule has 0 aliphatic heterocycles. The molecule has 0 saturated heterocycles. The average molecular weight is 532 g/mol. The van der Waals surface area contributed by atoms with Gasteiger partial charge in [-0.25, -0.2) is 4.98 Å². The third-order valence-electron chi connectivity index (χ3n) is 6.60. The molecule has 0 atom stereocenters. The minimum atomic E-state index is -0.326. The van der Waals surface area contributed by atoms with E-state index in [0.717, 1.165) is 0 Å². The van der Waals surface area contributed by atoms with Gasteiger partial charge in [-0.05, 0) is 24.3 Å². The molecule has 1 aliphatic rings. The molecule has 0 unspecified atom stereocenters. The van der Waals surface area contributed by atoms with Crippen molar-refractivity contribution in [2.24, 2.45) is 0 Å². The van der Waals surface area contributed by atoms with Crippen LogP contribution in [0.4, 0.5) is 0 Å². The summed E-state index contributed by atoms with van der Waals surface area (Å²) in [5.41, 5.74) is 1.89. The van der Waals surface area contributed by atoms with Gasteiger partial charge in [-0.15, -0.1) is 0 Å². The number of rotatable bonds is 9. The van der Waals surface area contributed by atoms with Gasteiger partial charge < -0.3 is 33.2 Å². The lowest BCUT2D eigenvalue weighted by Gasteiger charge is -2.25. The largest absolute Gasteiger partial charge is 0.494 e. The highest BCUT2D eigenvalue weighted by Crippen LogP contribution is 2.52. The first kappa shape index (κ1) is 25.7. The Balaban J connectivity index is 1.77. The number of ketones is 1. The second-order valence-electron chi connectivity index (χ2n) is 8.43. The molecule has 0 saturated carbocycles. The van der Waals surface area contributed by atoms with Crippen LogP contribution in [0.3, 0.4) is 0 Å². The highest BCUT2D eigenvalue weighted by Gasteiger charge is 2.34. The van der Waals surface area contributed by atoms with Crippen LogP contribution in [0.25, 0.3) is 21.9 Å². The predicted molar refractivity (Wildman–Crippen MR) is 142 cm³/mol. The second kappa shape index (κ2) is 10.1. The number of ether oxygens (including phenoxy) is 7. The molecule has 10 heteroatoms. The Bertz CT molecular complexity index is 1640. The standard InChI is InChI=1S/C29H25NO9/c1-33-19-7-14(13-31)18(11-21(19)35-3)39-22-9-16-15(8-20(22)34-2)26-25-17(10-23(36-4)29(26)38-6)24(37-5)12-30-27(25)28(16)32/h7-13H,1-6H3. The van der Waals surface area contributed by atoms with Gasteiger partial charge in [-0.1, -0.05) is 0 Å². The third kappa shape index (κ3) is 3.92. The Labute approximate surface area is 223 Å². The van der Waals surface area contributed by atoms with Gasteiger partial charge >= 0.3 is 0 Å². The summed E-state index contributed by atoms with van der Waals surface area (Å²) < 4.78 is 39.4. The number of aldehydes is 1. The Morgan fingerprint density at radius 1 is 0.641 bits per heavy atom. The highest BCUT2D eigenvalue weighted by molar-refractivity contribution is 6.27. The molecule has 3 aromatic carbocycles. The van der Waals surface area contributed by atoms with Gasteiger partial charge in [0.15, 0.2) is 40.8 Å². The molecule has 0 N–H and O–H groups in total. The number of carbonyl (C=O) groups is 2. The summed E-state index contributed by atoms with van der Waals surface area (Å²) in [6.45, 7) is 0. The van der Waals surface area contributed by atoms with Crippen molar-refractivity contribution in [3.63, 3.8) is 0 Å². The Morgan fingerprint density at radius 2 is 1.26 bits per heavy atom. The van der Waals surface area contributed by atoms with E-state index < -0.39 is 0 Å². The minimum absolute atomic E-state index is 0.189. The molecule has 0 spiro atoms. The molecule has 0 fully saturated rings. The van der Waals surface area contributed by atoms with Crippen molar-refractivity contribution >= 4 is 22.8 Å². The third-order valence-corrected chi connectivity index (χ3v) is 6.60. The van der Waals surface area contributed by atoms with Gasteiger partial charge in [0.2, 0.25) is 5.78 Å². The first-order valence-electron chi connectivity index (χ1n) is 11.7. The maximum absolute atomic E-state index is 13.8. The number of fused-ring (bicyclic) bond motifs is 2. The van der Waals surface area contributed by atoms with Gasteiger partial charge in [0, 0.05) is 33.5 Å². The summed E-state index contributed by atoms with van der Waals surface area (Å²) >= 11 is 0. The van der Waals surface area contributed by atoms with Crippen LogP contribution in [-0.2, 0) is 0 Å². The average Bonchev–Trinajstić information content (AvgIpc) is 2.98. The summed E-state index contributed by atoms with van der Waals surface area (Å²) in [6.07, 6.45) is 2.13. The molecule has 1 aromatic heterocycles. The number of benzene rings is 3. The molecule has 5 rings (SSSR count). The lowest BCUT2D eigenvalue weighted by molar-refractivity contribution is 0.103. The molecule has 0 bridgehead atoms. The fraction of sp³-hybridized carbons (Fsp3) is 0.207. The van der Waals surface area contributed by atoms with Crippen molar-refractivity contribution in [3.8, 4) is 57.1 Å². The molecular weight excluding hydrogens is 506 g/mol. The van der Waals surface area contributed by atoms with Crippen LogP contribution in [0.2, 0.25) is 0 Å². The SMILES string of the molecule is COc1cc(C=O)c(Oc2cc3c(cc2OC)-c2c(OC)c(OC)cc4c(OC)cnc(c24)C3=O)cc1OC. The lowest BCUT2D eigenvalue weighted by Crippen LogP contribution is -2.14. The summed E-state index contributed by atoms with van der Waals surface area (Å²) in [5.74, 6) is 2.47. The van der Waals surface area contributed by atoms with Crippen molar-refractivity contribution in [2.45, 2.75) is 0 Å². The molecule has 200 valence electrons. The molecule has 4 aromatic rings. The number of nitrogens with zero attached hydrogens (tertiary/aromatic N) is 1. The molecule has 1 aliphatic carbocycles. The van der Waals surface area contributed by atoms with E-state index in [2.05, 4.69) is 4.98 Å². The van der Waals surface area contributed by atoms with E-state index in [9.17, 15) is 9.59 Å². The van der Waals surface area contributed by atoms with E-state index >= 15 is 0 Å². The number of aromatic nitrogens is 1. The minimum Gasteiger partial charge on any atom is -0.494 e. The fourth-order valence-corrected chi connectivity index (χ4v) is 4.78. The highest BCUT2D eigenvalue weighted by atomic mass is 16.5. The maximum atomic E-state index is 13.8. The van der Waals surface area contributed by atoms with Crippen LogP contribution < -0.4 is 33.2 Å². The van der Waals surface area contributed by atoms with Crippen molar-refractivity contribution in [3.05, 3.63) is 53.3 Å². The molecular formula is C29H25NO9. The maximum Gasteiger partial charge on any atom is 0.212 e. The van der Waals surface area contributed by atoms with Gasteiger partial charge in [0.1, 0.15) is 17.2 Å². The van der Waals surface area contributed by atoms with E-state index in [1.165, 1.54) is 61.0 Å². The first-order chi connectivity index (χ1) is 18.9. The van der Waals surface area contributed by atoms with Crippen molar-refractivity contribution in [1.82, 2.24) is 4.98 Å². The molecule has 0 amide bonds. The monoisotopic (exact) mass is 531 g/mol. The van der Waals surface area contributed by atoms with Gasteiger partial charge in [-0.3, -0.25) is 9.59 Å². The van der Waals surface area contributed by atoms with Gasteiger partial charge in [0.25, 0.3) is 0 Å². The zero-order valence-electron chi connectivity index (χ0n) is 22.2. The van der Waals surface area contributed by atoms with Gasteiger partial charge in [-0.2, -0.15) is 0 Å². The normalized spacial score (nSPS) is 11.5. The van der Waals surface area contributed by atoms with Crippen molar-refractivity contribution in [2.75, 3.05) is 42.7 Å². The fourth-order valence-electron chi connectivity index (χ4n) is 4.78. The number of methoxy groups -OCH3 is 6. The van der Waals surface area contributed by atoms with E-state index in [-0.39, 0.29) is 28.5 Å². The second-order valence-corrected chi connectivity index (χ2v) is 8.43. The number of carbonyl (C=O) groups excluding carboxylic acids is 2. The molecule has 0 radical (unpaired) electrons. The summed E-state index contributed by atoms with van der Waals surface area (Å²) in [7, 11) is 9.01. The van der Waals surface area contributed by atoms with Crippen molar-refractivity contribution in [1.29, 1.82) is 0 Å². The predicted octanol–water partition coefficient (Wildman–Crippen LogP) is 5.10. The Kier molecular flexibility index (Phi) is 6.61. The van der Waals surface area contributed by atoms with E-state index in [4.69, 9.17) is 33.2 Å². The summed E-state index contributed by atoms with van der Waals surface area (Å²) in [6, 6.07) is 8.03. The molecule has 39 heavy (non-hydrogen) atoms. The zero-order chi connectivity index (χ0) is 27.8. The van der Waals surface area contributed by atoms with Crippen LogP contribution in [0.5, 0.6) is 46.0 Å². The van der Waals surface area contributed by atoms with Crippen LogP contribution in [-0.4, -0.2) is 59.7 Å². The smallest absolute Gasteiger partial charge is 0.212 e. The summed E-state index contributed by atoms with van der Waals surface area (Å²) in [5, 5.41) is 1.22. The molecule has 1 heterocycles. The first-order valence-corrected chi connectivity index (χ1v) is 11.7. The Hall–Kier alpha value is -4.99. The van der Waals surface area contributed by atoms with Crippen LogP contribution >= 0.6 is 0 Å². The number of hydrogen-bond donors (Lipinski definition) is 0. The van der Waals surface area contributed by atoms with Crippen LogP contribution in [0.15, 0.2) is 36.5 Å². The topological polar surface area (TPSA) is 112 Å². The molecule has 10 nitrogen and oxygen atoms in total. The number of hydrogen-bond acceptors (Lipinski definition) is 10. The summed E-state index contributed by atoms with van der Waals surface area (Å²) in [4.78, 5) is 30.1. The van der Waals surface area contributed by atoms with E-state index in [1.807, 2.05) is 0 Å². The Morgan fingerprint density at radius 3 is 1.87 bits per heavy atom. The quantitative estimate of drug-likeness (QED) is 0.238. The van der Waals surface area contributed by atoms with Gasteiger partial charge in [0.05, 0.1) is 54.4 Å². The number of pyridine rings is 1. The zero-order valence-corrected chi connectivity index (χ0v) is 22.2. The lowest BCUT2D eigenvalue weighted by atomic mass is 9.84. The van der Waals surface area contributed by atoms with E-state index in [0.29, 0.717) is 68.2 Å². The van der Waals surface area contributed by atoms with Crippen molar-refractivity contribution < 1.29 is 42.7 Å². The van der Waals surface area contributed by atoms with Crippen LogP contribution in [0, 0.1) is 0 Å². The van der Waals surface area contributed by atoms with Crippen LogP contribution in [0.1, 0.15) is 26.4 Å².